The molecule has 7 heteroatoms. The van der Waals surface area contributed by atoms with Gasteiger partial charge in [0.1, 0.15) is 6.04 Å². The molecule has 1 aromatic heterocycles. The predicted octanol–water partition coefficient (Wildman–Crippen LogP) is 0.858. The fourth-order valence-electron chi connectivity index (χ4n) is 2.39. The Bertz CT molecular complexity index is 491. The molecule has 1 aliphatic heterocycles. The molecular weight excluding hydrogens is 248 g/mol. The van der Waals surface area contributed by atoms with Gasteiger partial charge in [0.05, 0.1) is 5.69 Å². The van der Waals surface area contributed by atoms with Gasteiger partial charge in [-0.1, -0.05) is 5.21 Å². The summed E-state index contributed by atoms with van der Waals surface area (Å²) in [4.78, 5) is 25.1. The van der Waals surface area contributed by atoms with Gasteiger partial charge in [-0.25, -0.2) is 9.48 Å². The van der Waals surface area contributed by atoms with Gasteiger partial charge in [-0.3, -0.25) is 4.79 Å². The van der Waals surface area contributed by atoms with Gasteiger partial charge in [0.25, 0.3) is 0 Å². The summed E-state index contributed by atoms with van der Waals surface area (Å²) >= 11 is 0. The highest BCUT2D eigenvalue weighted by molar-refractivity contribution is 5.86. The molecule has 1 amide bonds. The Morgan fingerprint density at radius 3 is 2.42 bits per heavy atom. The Hall–Kier alpha value is -1.92. The van der Waals surface area contributed by atoms with Crippen molar-refractivity contribution in [3.63, 3.8) is 0 Å². The van der Waals surface area contributed by atoms with Gasteiger partial charge in [-0.05, 0) is 33.1 Å². The minimum atomic E-state index is -1.12. The Morgan fingerprint density at radius 2 is 1.89 bits per heavy atom. The second kappa shape index (κ2) is 5.38. The van der Waals surface area contributed by atoms with Crippen LogP contribution >= 0.6 is 0 Å². The van der Waals surface area contributed by atoms with Crippen molar-refractivity contribution < 1.29 is 14.7 Å². The molecule has 0 radical (unpaired) electrons. The molecule has 1 atom stereocenters. The van der Waals surface area contributed by atoms with Crippen LogP contribution in [0.5, 0.6) is 0 Å². The number of rotatable bonds is 3. The summed E-state index contributed by atoms with van der Waals surface area (Å²) in [5.41, 5.74) is 0.309. The van der Waals surface area contributed by atoms with E-state index in [1.807, 2.05) is 4.90 Å². The lowest BCUT2D eigenvalue weighted by molar-refractivity contribution is -0.135. The summed E-state index contributed by atoms with van der Waals surface area (Å²) < 4.78 is 1.39. The molecule has 1 aliphatic rings. The molecule has 2 heterocycles. The van der Waals surface area contributed by atoms with Crippen LogP contribution in [0.4, 0.5) is 0 Å². The number of likely N-dealkylation sites (tertiary alicyclic amines) is 1. The molecule has 1 fully saturated rings. The van der Waals surface area contributed by atoms with Gasteiger partial charge < -0.3 is 10.0 Å². The summed E-state index contributed by atoms with van der Waals surface area (Å²) in [6.07, 6.45) is 3.20. The molecule has 0 spiro atoms. The van der Waals surface area contributed by atoms with Crippen LogP contribution in [0.1, 0.15) is 48.4 Å². The average Bonchev–Trinajstić information content (AvgIpc) is 2.80. The number of hydrogen-bond acceptors (Lipinski definition) is 4. The fraction of sp³-hybridized carbons (Fsp3) is 0.667. The maximum atomic E-state index is 12.3. The number of hydrogen-bond donors (Lipinski definition) is 1. The zero-order chi connectivity index (χ0) is 14.0. The molecule has 7 nitrogen and oxygen atoms in total. The van der Waals surface area contributed by atoms with E-state index in [0.717, 1.165) is 32.4 Å². The molecule has 19 heavy (non-hydrogen) atoms. The number of carbonyl (C=O) groups excluding carboxylic acids is 1. The van der Waals surface area contributed by atoms with Crippen LogP contribution in [0.25, 0.3) is 0 Å². The summed E-state index contributed by atoms with van der Waals surface area (Å²) in [6, 6.07) is -0.515. The first-order chi connectivity index (χ1) is 9.02. The summed E-state index contributed by atoms with van der Waals surface area (Å²) in [6.45, 7) is 4.87. The topological polar surface area (TPSA) is 88.3 Å². The van der Waals surface area contributed by atoms with E-state index in [1.165, 1.54) is 4.68 Å². The van der Waals surface area contributed by atoms with Gasteiger partial charge in [0.2, 0.25) is 5.91 Å². The van der Waals surface area contributed by atoms with E-state index in [2.05, 4.69) is 10.3 Å². The van der Waals surface area contributed by atoms with Crippen LogP contribution in [0.3, 0.4) is 0 Å². The number of piperidine rings is 1. The minimum absolute atomic E-state index is 0.0235. The van der Waals surface area contributed by atoms with Gasteiger partial charge >= 0.3 is 5.97 Å². The molecule has 1 saturated heterocycles. The standard InChI is InChI=1S/C12H18N4O3/c1-8-10(12(18)19)13-14-16(8)9(2)11(17)15-6-4-3-5-7-15/h9H,3-7H2,1-2H3,(H,18,19). The minimum Gasteiger partial charge on any atom is -0.476 e. The number of aromatic nitrogens is 3. The largest absolute Gasteiger partial charge is 0.476 e. The number of carboxylic acid groups (broad SMARTS) is 1. The van der Waals surface area contributed by atoms with E-state index in [0.29, 0.717) is 5.69 Å². The van der Waals surface area contributed by atoms with E-state index in [1.54, 1.807) is 13.8 Å². The number of carboxylic acids is 1. The highest BCUT2D eigenvalue weighted by Gasteiger charge is 2.27. The monoisotopic (exact) mass is 266 g/mol. The van der Waals surface area contributed by atoms with Crippen LogP contribution in [0.15, 0.2) is 0 Å². The van der Waals surface area contributed by atoms with E-state index >= 15 is 0 Å². The van der Waals surface area contributed by atoms with Crippen molar-refractivity contribution in [2.24, 2.45) is 0 Å². The maximum absolute atomic E-state index is 12.3. The first-order valence-electron chi connectivity index (χ1n) is 6.46. The lowest BCUT2D eigenvalue weighted by Crippen LogP contribution is -2.40. The molecule has 0 saturated carbocycles. The number of amides is 1. The van der Waals surface area contributed by atoms with Crippen molar-refractivity contribution in [3.05, 3.63) is 11.4 Å². The van der Waals surface area contributed by atoms with Crippen molar-refractivity contribution in [2.45, 2.75) is 39.2 Å². The second-order valence-electron chi connectivity index (χ2n) is 4.84. The first kappa shape index (κ1) is 13.5. The van der Waals surface area contributed by atoms with Gasteiger partial charge in [-0.2, -0.15) is 0 Å². The van der Waals surface area contributed by atoms with Crippen molar-refractivity contribution >= 4 is 11.9 Å². The van der Waals surface area contributed by atoms with Crippen molar-refractivity contribution in [3.8, 4) is 0 Å². The van der Waals surface area contributed by atoms with Crippen LogP contribution < -0.4 is 0 Å². The summed E-state index contributed by atoms with van der Waals surface area (Å²) in [7, 11) is 0. The Kier molecular flexibility index (Phi) is 3.82. The second-order valence-corrected chi connectivity index (χ2v) is 4.84. The van der Waals surface area contributed by atoms with Crippen LogP contribution in [0, 0.1) is 6.92 Å². The molecule has 1 unspecified atom stereocenters. The molecule has 1 aromatic rings. The average molecular weight is 266 g/mol. The summed E-state index contributed by atoms with van der Waals surface area (Å²) in [5.74, 6) is -1.15. The zero-order valence-electron chi connectivity index (χ0n) is 11.2. The van der Waals surface area contributed by atoms with Crippen molar-refractivity contribution in [1.82, 2.24) is 19.9 Å². The molecule has 0 aromatic carbocycles. The summed E-state index contributed by atoms with van der Waals surface area (Å²) in [5, 5.41) is 16.3. The quantitative estimate of drug-likeness (QED) is 0.876. The fourth-order valence-corrected chi connectivity index (χ4v) is 2.39. The Balaban J connectivity index is 2.16. The third-order valence-electron chi connectivity index (χ3n) is 3.52. The van der Waals surface area contributed by atoms with E-state index in [9.17, 15) is 9.59 Å². The third kappa shape index (κ3) is 2.59. The molecule has 104 valence electrons. The number of nitrogens with zero attached hydrogens (tertiary/aromatic N) is 4. The first-order valence-corrected chi connectivity index (χ1v) is 6.46. The normalized spacial score (nSPS) is 17.3. The molecule has 1 N–H and O–H groups in total. The Labute approximate surface area is 111 Å². The highest BCUT2D eigenvalue weighted by Crippen LogP contribution is 2.17. The molecule has 2 rings (SSSR count). The molecule has 0 bridgehead atoms. The van der Waals surface area contributed by atoms with E-state index in [-0.39, 0.29) is 11.6 Å². The smallest absolute Gasteiger partial charge is 0.358 e. The van der Waals surface area contributed by atoms with E-state index in [4.69, 9.17) is 5.11 Å². The van der Waals surface area contributed by atoms with E-state index < -0.39 is 12.0 Å². The lowest BCUT2D eigenvalue weighted by Gasteiger charge is -2.29. The maximum Gasteiger partial charge on any atom is 0.358 e. The Morgan fingerprint density at radius 1 is 1.26 bits per heavy atom. The molecule has 0 aliphatic carbocycles. The zero-order valence-corrected chi connectivity index (χ0v) is 11.2. The van der Waals surface area contributed by atoms with Crippen LogP contribution in [0.2, 0.25) is 0 Å². The van der Waals surface area contributed by atoms with Gasteiger partial charge in [-0.15, -0.1) is 5.10 Å². The van der Waals surface area contributed by atoms with Crippen LogP contribution in [-0.4, -0.2) is 50.0 Å². The lowest BCUT2D eigenvalue weighted by atomic mass is 10.1. The highest BCUT2D eigenvalue weighted by atomic mass is 16.4. The van der Waals surface area contributed by atoms with Gasteiger partial charge in [0.15, 0.2) is 5.69 Å². The third-order valence-corrected chi connectivity index (χ3v) is 3.52. The SMILES string of the molecule is Cc1c(C(=O)O)nnn1C(C)C(=O)N1CCCCC1. The predicted molar refractivity (Wildman–Crippen MR) is 66.9 cm³/mol. The van der Waals surface area contributed by atoms with Crippen molar-refractivity contribution in [1.29, 1.82) is 0 Å². The number of carbonyl (C=O) groups is 2. The number of aromatic carboxylic acids is 1. The molecular formula is C12H18N4O3. The van der Waals surface area contributed by atoms with Crippen molar-refractivity contribution in [2.75, 3.05) is 13.1 Å². The van der Waals surface area contributed by atoms with Crippen LogP contribution in [-0.2, 0) is 4.79 Å². The van der Waals surface area contributed by atoms with Gasteiger partial charge in [0, 0.05) is 13.1 Å².